The highest BCUT2D eigenvalue weighted by Crippen LogP contribution is 2.25. The molecule has 1 aromatic carbocycles. The molecule has 1 unspecified atom stereocenters. The predicted octanol–water partition coefficient (Wildman–Crippen LogP) is 2.23. The number of hydrogen-bond donors (Lipinski definition) is 1. The Morgan fingerprint density at radius 2 is 2.35 bits per heavy atom. The maximum atomic E-state index is 11.3. The van der Waals surface area contributed by atoms with E-state index in [-0.39, 0.29) is 11.3 Å². The third-order valence-corrected chi connectivity index (χ3v) is 4.39. The lowest BCUT2D eigenvalue weighted by Crippen LogP contribution is -2.36. The Morgan fingerprint density at radius 1 is 1.60 bits per heavy atom. The number of carboxylic acid groups (broad SMARTS) is 1. The van der Waals surface area contributed by atoms with E-state index in [0.29, 0.717) is 17.4 Å². The Kier molecular flexibility index (Phi) is 4.61. The highest BCUT2D eigenvalue weighted by molar-refractivity contribution is 7.99. The fraction of sp³-hybridized carbons (Fsp3) is 0.462. The number of carboxylic acids is 1. The zero-order chi connectivity index (χ0) is 14.7. The quantitative estimate of drug-likeness (QED) is 0.677. The summed E-state index contributed by atoms with van der Waals surface area (Å²) in [6.45, 7) is 4.31. The standard InChI is InChI=1S/C13H16N2O4S/c1-9-7-14(5-6-20-9)8-10-3-2-4-11(15(18)19)12(10)13(16)17/h2-4,9H,5-8H2,1H3,(H,16,17). The molecule has 1 atom stereocenters. The minimum Gasteiger partial charge on any atom is -0.477 e. The van der Waals surface area contributed by atoms with Gasteiger partial charge in [0.05, 0.1) is 4.92 Å². The molecule has 0 aliphatic carbocycles. The van der Waals surface area contributed by atoms with Crippen molar-refractivity contribution >= 4 is 23.4 Å². The second kappa shape index (κ2) is 6.23. The fourth-order valence-corrected chi connectivity index (χ4v) is 3.47. The SMILES string of the molecule is CC1CN(Cc2cccc([N+](=O)[O-])c2C(=O)O)CCS1. The van der Waals surface area contributed by atoms with Crippen molar-refractivity contribution in [3.63, 3.8) is 0 Å². The van der Waals surface area contributed by atoms with Crippen LogP contribution in [0.2, 0.25) is 0 Å². The molecular formula is C13H16N2O4S. The van der Waals surface area contributed by atoms with Crippen LogP contribution in [0.1, 0.15) is 22.8 Å². The van der Waals surface area contributed by atoms with Crippen LogP contribution in [0.25, 0.3) is 0 Å². The molecule has 108 valence electrons. The molecular weight excluding hydrogens is 280 g/mol. The van der Waals surface area contributed by atoms with E-state index < -0.39 is 10.9 Å². The summed E-state index contributed by atoms with van der Waals surface area (Å²) >= 11 is 1.88. The number of carbonyl (C=O) groups is 1. The smallest absolute Gasteiger partial charge is 0.343 e. The lowest BCUT2D eigenvalue weighted by atomic mass is 10.0. The first kappa shape index (κ1) is 14.8. The van der Waals surface area contributed by atoms with Crippen molar-refractivity contribution in [1.29, 1.82) is 0 Å². The number of aromatic carboxylic acids is 1. The van der Waals surface area contributed by atoms with E-state index in [4.69, 9.17) is 0 Å². The summed E-state index contributed by atoms with van der Waals surface area (Å²) in [5.41, 5.74) is -0.0244. The predicted molar refractivity (Wildman–Crippen MR) is 77.3 cm³/mol. The first-order valence-electron chi connectivity index (χ1n) is 6.32. The monoisotopic (exact) mass is 296 g/mol. The molecule has 0 spiro atoms. The Balaban J connectivity index is 2.29. The largest absolute Gasteiger partial charge is 0.477 e. The van der Waals surface area contributed by atoms with Crippen molar-refractivity contribution in [2.75, 3.05) is 18.8 Å². The molecule has 1 N–H and O–H groups in total. The topological polar surface area (TPSA) is 83.7 Å². The van der Waals surface area contributed by atoms with Crippen LogP contribution in [0.3, 0.4) is 0 Å². The van der Waals surface area contributed by atoms with Gasteiger partial charge in [-0.15, -0.1) is 0 Å². The maximum absolute atomic E-state index is 11.3. The molecule has 1 aliphatic rings. The van der Waals surface area contributed by atoms with Crippen LogP contribution in [0.4, 0.5) is 5.69 Å². The summed E-state index contributed by atoms with van der Waals surface area (Å²) in [5, 5.41) is 20.7. The second-order valence-electron chi connectivity index (χ2n) is 4.79. The second-order valence-corrected chi connectivity index (χ2v) is 6.34. The van der Waals surface area contributed by atoms with Crippen molar-refractivity contribution in [1.82, 2.24) is 4.90 Å². The Hall–Kier alpha value is -1.60. The van der Waals surface area contributed by atoms with Gasteiger partial charge < -0.3 is 5.11 Å². The van der Waals surface area contributed by atoms with Gasteiger partial charge in [-0.2, -0.15) is 11.8 Å². The molecule has 1 aromatic rings. The van der Waals surface area contributed by atoms with Crippen LogP contribution in [-0.4, -0.2) is 45.0 Å². The molecule has 1 aliphatic heterocycles. The van der Waals surface area contributed by atoms with E-state index in [1.165, 1.54) is 6.07 Å². The van der Waals surface area contributed by atoms with E-state index >= 15 is 0 Å². The van der Waals surface area contributed by atoms with Crippen molar-refractivity contribution in [2.24, 2.45) is 0 Å². The third kappa shape index (κ3) is 3.29. The Bertz CT molecular complexity index is 535. The number of nitrogens with zero attached hydrogens (tertiary/aromatic N) is 2. The summed E-state index contributed by atoms with van der Waals surface area (Å²) in [6.07, 6.45) is 0. The van der Waals surface area contributed by atoms with Crippen LogP contribution in [0, 0.1) is 10.1 Å². The zero-order valence-corrected chi connectivity index (χ0v) is 11.9. The molecule has 0 aromatic heterocycles. The molecule has 7 heteroatoms. The van der Waals surface area contributed by atoms with Crippen LogP contribution in [0.5, 0.6) is 0 Å². The molecule has 0 radical (unpaired) electrons. The van der Waals surface area contributed by atoms with Gasteiger partial charge in [-0.1, -0.05) is 19.1 Å². The average molecular weight is 296 g/mol. The van der Waals surface area contributed by atoms with Crippen molar-refractivity contribution in [2.45, 2.75) is 18.7 Å². The Labute approximate surface area is 120 Å². The molecule has 20 heavy (non-hydrogen) atoms. The molecule has 6 nitrogen and oxygen atoms in total. The van der Waals surface area contributed by atoms with Gasteiger partial charge in [0.2, 0.25) is 0 Å². The fourth-order valence-electron chi connectivity index (χ4n) is 2.39. The molecule has 1 saturated heterocycles. The van der Waals surface area contributed by atoms with Gasteiger partial charge in [0.25, 0.3) is 5.69 Å². The van der Waals surface area contributed by atoms with E-state index in [1.54, 1.807) is 12.1 Å². The Morgan fingerprint density at radius 3 is 2.95 bits per heavy atom. The molecule has 0 bridgehead atoms. The third-order valence-electron chi connectivity index (χ3n) is 3.26. The van der Waals surface area contributed by atoms with Gasteiger partial charge in [0, 0.05) is 36.7 Å². The summed E-state index contributed by atoms with van der Waals surface area (Å²) in [4.78, 5) is 23.8. The lowest BCUT2D eigenvalue weighted by Gasteiger charge is -2.30. The molecule has 1 heterocycles. The van der Waals surface area contributed by atoms with Gasteiger partial charge in [-0.05, 0) is 5.56 Å². The highest BCUT2D eigenvalue weighted by atomic mass is 32.2. The minimum atomic E-state index is -1.24. The number of thioether (sulfide) groups is 1. The van der Waals surface area contributed by atoms with Gasteiger partial charge >= 0.3 is 5.97 Å². The summed E-state index contributed by atoms with van der Waals surface area (Å²) in [7, 11) is 0. The van der Waals surface area contributed by atoms with Crippen molar-refractivity contribution < 1.29 is 14.8 Å². The first-order chi connectivity index (χ1) is 9.49. The first-order valence-corrected chi connectivity index (χ1v) is 7.37. The zero-order valence-electron chi connectivity index (χ0n) is 11.1. The lowest BCUT2D eigenvalue weighted by molar-refractivity contribution is -0.385. The van der Waals surface area contributed by atoms with Crippen LogP contribution >= 0.6 is 11.8 Å². The number of nitro groups is 1. The maximum Gasteiger partial charge on any atom is 0.343 e. The van der Waals surface area contributed by atoms with Crippen LogP contribution in [0.15, 0.2) is 18.2 Å². The van der Waals surface area contributed by atoms with Crippen molar-refractivity contribution in [3.8, 4) is 0 Å². The normalized spacial score (nSPS) is 19.8. The van der Waals surface area contributed by atoms with Crippen molar-refractivity contribution in [3.05, 3.63) is 39.4 Å². The van der Waals surface area contributed by atoms with E-state index in [2.05, 4.69) is 11.8 Å². The van der Waals surface area contributed by atoms with Gasteiger partial charge in [-0.25, -0.2) is 4.79 Å². The number of nitro benzene ring substituents is 1. The number of hydrogen-bond acceptors (Lipinski definition) is 5. The van der Waals surface area contributed by atoms with Gasteiger partial charge in [-0.3, -0.25) is 15.0 Å². The van der Waals surface area contributed by atoms with E-state index in [9.17, 15) is 20.0 Å². The number of rotatable bonds is 4. The van der Waals surface area contributed by atoms with Crippen LogP contribution in [-0.2, 0) is 6.54 Å². The molecule has 2 rings (SSSR count). The van der Waals surface area contributed by atoms with E-state index in [0.717, 1.165) is 18.8 Å². The van der Waals surface area contributed by atoms with Gasteiger partial charge in [0.15, 0.2) is 0 Å². The number of benzene rings is 1. The summed E-state index contributed by atoms with van der Waals surface area (Å²) < 4.78 is 0. The highest BCUT2D eigenvalue weighted by Gasteiger charge is 2.25. The van der Waals surface area contributed by atoms with Crippen LogP contribution < -0.4 is 0 Å². The molecule has 0 saturated carbocycles. The summed E-state index contributed by atoms with van der Waals surface area (Å²) in [6, 6.07) is 4.44. The summed E-state index contributed by atoms with van der Waals surface area (Å²) in [5.74, 6) is -0.245. The molecule has 0 amide bonds. The van der Waals surface area contributed by atoms with E-state index in [1.807, 2.05) is 11.8 Å². The molecule has 1 fully saturated rings. The van der Waals surface area contributed by atoms with Gasteiger partial charge in [0.1, 0.15) is 5.56 Å². The average Bonchev–Trinajstić information content (AvgIpc) is 2.38. The minimum absolute atomic E-state index is 0.191.